The van der Waals surface area contributed by atoms with Crippen LogP contribution >= 0.6 is 15.9 Å². The van der Waals surface area contributed by atoms with Crippen molar-refractivity contribution in [1.82, 2.24) is 4.90 Å². The molecule has 4 atom stereocenters. The Morgan fingerprint density at radius 3 is 2.49 bits per heavy atom. The second-order valence-electron chi connectivity index (χ2n) is 11.9. The van der Waals surface area contributed by atoms with Crippen molar-refractivity contribution in [2.45, 2.75) is 68.9 Å². The normalized spacial score (nSPS) is 28.8. The third-order valence-electron chi connectivity index (χ3n) is 10.1. The van der Waals surface area contributed by atoms with Gasteiger partial charge in [-0.1, -0.05) is 65.5 Å². The molecule has 2 aromatic rings. The molecular weight excluding hydrogens is 597 g/mol. The zero-order valence-electron chi connectivity index (χ0n) is 22.9. The topological polar surface area (TPSA) is 62.8 Å². The van der Waals surface area contributed by atoms with E-state index in [0.29, 0.717) is 23.8 Å². The van der Waals surface area contributed by atoms with Gasteiger partial charge in [0, 0.05) is 17.1 Å². The fourth-order valence-electron chi connectivity index (χ4n) is 8.29. The zero-order valence-corrected chi connectivity index (χ0v) is 26.0. The van der Waals surface area contributed by atoms with Crippen molar-refractivity contribution in [2.75, 3.05) is 33.3 Å². The summed E-state index contributed by atoms with van der Waals surface area (Å²) < 4.78 is 6.92. The second kappa shape index (κ2) is 13.1. The highest BCUT2D eigenvalue weighted by Crippen LogP contribution is 2.46. The lowest BCUT2D eigenvalue weighted by atomic mass is 9.67. The molecule has 0 aromatic heterocycles. The van der Waals surface area contributed by atoms with Crippen molar-refractivity contribution in [3.63, 3.8) is 0 Å². The fraction of sp³-hybridized carbons (Fsp3) is 0.581. The van der Waals surface area contributed by atoms with E-state index in [2.05, 4.69) is 73.9 Å². The number of quaternary nitrogens is 2. The van der Waals surface area contributed by atoms with Crippen LogP contribution in [0.1, 0.15) is 67.6 Å². The van der Waals surface area contributed by atoms with E-state index in [1.807, 2.05) is 0 Å². The number of methoxy groups -OCH3 is 1. The molecular formula is C31H42BrCl2N3O2. The molecule has 3 aliphatic heterocycles. The van der Waals surface area contributed by atoms with Crippen molar-refractivity contribution in [2.24, 2.45) is 11.8 Å². The summed E-state index contributed by atoms with van der Waals surface area (Å²) >= 11 is 3.90. The quantitative estimate of drug-likeness (QED) is 0.384. The van der Waals surface area contributed by atoms with Crippen LogP contribution in [0.4, 0.5) is 0 Å². The molecule has 2 saturated heterocycles. The number of hydrogen-bond acceptors (Lipinski definition) is 2. The van der Waals surface area contributed by atoms with E-state index >= 15 is 0 Å². The molecule has 1 saturated carbocycles. The Balaban J connectivity index is 0.00000176. The summed E-state index contributed by atoms with van der Waals surface area (Å²) in [6.45, 7) is 4.61. The van der Waals surface area contributed by atoms with Crippen LogP contribution in [0.5, 0.6) is 5.75 Å². The minimum atomic E-state index is -0.161. The van der Waals surface area contributed by atoms with Crippen LogP contribution in [0, 0.1) is 11.8 Å². The molecule has 1 aliphatic carbocycles. The number of piperidine rings is 1. The molecule has 3 heterocycles. The summed E-state index contributed by atoms with van der Waals surface area (Å²) in [4.78, 5) is 17.1. The van der Waals surface area contributed by atoms with Crippen LogP contribution in [0.2, 0.25) is 0 Å². The average molecular weight is 640 g/mol. The van der Waals surface area contributed by atoms with Gasteiger partial charge in [-0.2, -0.15) is 0 Å². The molecule has 0 radical (unpaired) electrons. The maximum Gasteiger partial charge on any atom is 0.233 e. The Kier molecular flexibility index (Phi) is 10.3. The lowest BCUT2D eigenvalue weighted by Crippen LogP contribution is -3.00. The first kappa shape index (κ1) is 30.6. The molecule has 5 nitrogen and oxygen atoms in total. The maximum atomic E-state index is 14.7. The molecule has 6 rings (SSSR count). The highest BCUT2D eigenvalue weighted by molar-refractivity contribution is 9.10. The number of halogens is 3. The summed E-state index contributed by atoms with van der Waals surface area (Å²) in [5.74, 6) is 2.57. The molecule has 4 aliphatic rings. The lowest BCUT2D eigenvalue weighted by molar-refractivity contribution is -0.691. The Morgan fingerprint density at radius 1 is 1.00 bits per heavy atom. The van der Waals surface area contributed by atoms with E-state index in [9.17, 15) is 4.79 Å². The number of amides is 1. The lowest BCUT2D eigenvalue weighted by Gasteiger charge is -2.47. The van der Waals surface area contributed by atoms with Gasteiger partial charge in [0.05, 0.1) is 32.3 Å². The average Bonchev–Trinajstić information content (AvgIpc) is 3.37. The number of carbonyl (C=O) groups is 1. The largest absolute Gasteiger partial charge is 1.00 e. The molecule has 3 fully saturated rings. The van der Waals surface area contributed by atoms with Crippen LogP contribution in [-0.4, -0.2) is 50.1 Å². The number of rotatable bonds is 4. The van der Waals surface area contributed by atoms with Crippen molar-refractivity contribution in [1.29, 1.82) is 0 Å². The number of nitrogens with zero attached hydrogens (tertiary/aromatic N) is 1. The van der Waals surface area contributed by atoms with Crippen LogP contribution in [0.25, 0.3) is 0 Å². The standard InChI is InChI=1S/C31H40BrN3O2.2ClH/c1-37-28-13-12-26(32)29-24(28)17-33-19-31(29)20-34-18-25(31)30(36)35-15-14-23(21-8-4-2-5-9-21)16-27(35)22-10-6-3-7-11-22;;/h2,4-5,8-9,12-13,22-23,25,27,33-34H,3,6-7,10-11,14-20H2,1H3;2*1H/t23-,25?,27+,31-;;/m1../s1. The van der Waals surface area contributed by atoms with E-state index < -0.39 is 0 Å². The van der Waals surface area contributed by atoms with Crippen molar-refractivity contribution in [3.05, 3.63) is 63.6 Å². The first-order chi connectivity index (χ1) is 18.1. The molecule has 8 heteroatoms. The number of likely N-dealkylation sites (tertiary alicyclic amines) is 1. The Bertz CT molecular complexity index is 1130. The summed E-state index contributed by atoms with van der Waals surface area (Å²) in [5, 5.41) is 4.79. The number of nitrogens with two attached hydrogens (primary N) is 2. The van der Waals surface area contributed by atoms with Gasteiger partial charge in [0.15, 0.2) is 0 Å². The molecule has 1 amide bonds. The Hall–Kier alpha value is -1.31. The molecule has 214 valence electrons. The van der Waals surface area contributed by atoms with E-state index in [0.717, 1.165) is 55.8 Å². The fourth-order valence-corrected chi connectivity index (χ4v) is 9.05. The first-order valence-electron chi connectivity index (χ1n) is 14.5. The van der Waals surface area contributed by atoms with Gasteiger partial charge in [-0.05, 0) is 60.8 Å². The molecule has 39 heavy (non-hydrogen) atoms. The summed E-state index contributed by atoms with van der Waals surface area (Å²) in [6, 6.07) is 15.6. The number of ether oxygens (including phenoxy) is 1. The van der Waals surface area contributed by atoms with Gasteiger partial charge >= 0.3 is 0 Å². The van der Waals surface area contributed by atoms with E-state index in [1.165, 1.54) is 48.8 Å². The number of fused-ring (bicyclic) bond motifs is 2. The van der Waals surface area contributed by atoms with Crippen LogP contribution in [0.3, 0.4) is 0 Å². The predicted octanol–water partition coefficient (Wildman–Crippen LogP) is -2.67. The van der Waals surface area contributed by atoms with E-state index in [1.54, 1.807) is 7.11 Å². The Labute approximate surface area is 254 Å². The minimum absolute atomic E-state index is 0. The molecule has 0 bridgehead atoms. The Morgan fingerprint density at radius 2 is 1.74 bits per heavy atom. The smallest absolute Gasteiger partial charge is 0.233 e. The van der Waals surface area contributed by atoms with Crippen LogP contribution < -0.4 is 40.2 Å². The first-order valence-corrected chi connectivity index (χ1v) is 15.3. The third-order valence-corrected chi connectivity index (χ3v) is 10.7. The van der Waals surface area contributed by atoms with Gasteiger partial charge < -0.3 is 45.1 Å². The molecule has 1 unspecified atom stereocenters. The minimum Gasteiger partial charge on any atom is -1.00 e. The highest BCUT2D eigenvalue weighted by atomic mass is 79.9. The maximum absolute atomic E-state index is 14.7. The second-order valence-corrected chi connectivity index (χ2v) is 12.7. The number of carbonyl (C=O) groups excluding carboxylic acids is 1. The highest BCUT2D eigenvalue weighted by Gasteiger charge is 2.58. The zero-order chi connectivity index (χ0) is 25.4. The van der Waals surface area contributed by atoms with E-state index in [-0.39, 0.29) is 36.1 Å². The SMILES string of the molecule is COc1ccc(Br)c2c1C[NH2+]C[C@]21C[NH2+]CC1C(=O)N1CC[C@@H](c2ccccc2)C[C@H]1C1CCCCC1.[Cl-].[Cl-]. The molecule has 4 N–H and O–H groups in total. The van der Waals surface area contributed by atoms with E-state index in [4.69, 9.17) is 4.74 Å². The van der Waals surface area contributed by atoms with Gasteiger partial charge in [0.25, 0.3) is 0 Å². The van der Waals surface area contributed by atoms with Gasteiger partial charge in [-0.25, -0.2) is 0 Å². The van der Waals surface area contributed by atoms with Crippen LogP contribution in [-0.2, 0) is 16.8 Å². The molecule has 1 spiro atoms. The van der Waals surface area contributed by atoms with Gasteiger partial charge in [-0.3, -0.25) is 4.79 Å². The third kappa shape index (κ3) is 5.61. The van der Waals surface area contributed by atoms with Gasteiger partial charge in [0.2, 0.25) is 5.91 Å². The van der Waals surface area contributed by atoms with Crippen molar-refractivity contribution in [3.8, 4) is 5.75 Å². The van der Waals surface area contributed by atoms with Crippen molar-refractivity contribution >= 4 is 21.8 Å². The predicted molar refractivity (Wildman–Crippen MR) is 149 cm³/mol. The molecule has 2 aromatic carbocycles. The van der Waals surface area contributed by atoms with Gasteiger partial charge in [0.1, 0.15) is 23.6 Å². The number of benzene rings is 2. The summed E-state index contributed by atoms with van der Waals surface area (Å²) in [5.41, 5.74) is 3.89. The summed E-state index contributed by atoms with van der Waals surface area (Å²) in [6.07, 6.45) is 8.72. The van der Waals surface area contributed by atoms with Gasteiger partial charge in [-0.15, -0.1) is 0 Å². The van der Waals surface area contributed by atoms with Crippen LogP contribution in [0.15, 0.2) is 46.9 Å². The van der Waals surface area contributed by atoms with Crippen molar-refractivity contribution < 1.29 is 45.0 Å². The summed E-state index contributed by atoms with van der Waals surface area (Å²) in [7, 11) is 1.76. The monoisotopic (exact) mass is 637 g/mol. The number of hydrogen-bond donors (Lipinski definition) is 2.